The summed E-state index contributed by atoms with van der Waals surface area (Å²) in [7, 11) is 0. The first-order valence-corrected chi connectivity index (χ1v) is 6.30. The molecular weight excluding hydrogens is 240 g/mol. The number of rotatable bonds is 5. The van der Waals surface area contributed by atoms with Crippen LogP contribution in [-0.4, -0.2) is 11.9 Å². The van der Waals surface area contributed by atoms with Gasteiger partial charge in [0.15, 0.2) is 0 Å². The molecule has 0 aliphatic rings. The molecule has 1 aromatic carbocycles. The summed E-state index contributed by atoms with van der Waals surface area (Å²) in [6, 6.07) is 12.6. The molecule has 4 heteroatoms. The highest BCUT2D eigenvalue weighted by atomic mass is 16.3. The molecule has 100 valence electrons. The molecule has 1 aromatic heterocycles. The fraction of sp³-hybridized carbons (Fsp3) is 0.267. The minimum absolute atomic E-state index is 0.173. The van der Waals surface area contributed by atoms with Gasteiger partial charge >= 0.3 is 0 Å². The van der Waals surface area contributed by atoms with Crippen LogP contribution in [0.3, 0.4) is 0 Å². The number of hydrogen-bond acceptors (Lipinski definition) is 3. The molecule has 0 fully saturated rings. The van der Waals surface area contributed by atoms with E-state index < -0.39 is 6.04 Å². The Morgan fingerprint density at radius 2 is 2.00 bits per heavy atom. The van der Waals surface area contributed by atoms with Crippen LogP contribution in [-0.2, 0) is 11.2 Å². The number of carbonyl (C=O) groups is 1. The van der Waals surface area contributed by atoms with Gasteiger partial charge in [-0.1, -0.05) is 30.3 Å². The summed E-state index contributed by atoms with van der Waals surface area (Å²) < 4.78 is 5.24. The third kappa shape index (κ3) is 3.69. The Morgan fingerprint density at radius 1 is 1.26 bits per heavy atom. The Bertz CT molecular complexity index is 508. The number of benzene rings is 1. The summed E-state index contributed by atoms with van der Waals surface area (Å²) in [4.78, 5) is 12.0. The van der Waals surface area contributed by atoms with Gasteiger partial charge in [0.25, 0.3) is 0 Å². The van der Waals surface area contributed by atoms with Crippen molar-refractivity contribution >= 4 is 5.91 Å². The Kier molecular flexibility index (Phi) is 4.36. The molecule has 1 heterocycles. The Hall–Kier alpha value is -2.07. The maximum atomic E-state index is 12.0. The van der Waals surface area contributed by atoms with Crippen LogP contribution in [0.5, 0.6) is 0 Å². The van der Waals surface area contributed by atoms with Gasteiger partial charge < -0.3 is 15.5 Å². The maximum absolute atomic E-state index is 12.0. The minimum atomic E-state index is -0.556. The quantitative estimate of drug-likeness (QED) is 0.862. The molecule has 0 unspecified atom stereocenters. The molecule has 2 atom stereocenters. The van der Waals surface area contributed by atoms with Crippen molar-refractivity contribution < 1.29 is 9.21 Å². The van der Waals surface area contributed by atoms with Gasteiger partial charge in [-0.2, -0.15) is 0 Å². The second-order valence-corrected chi connectivity index (χ2v) is 4.54. The maximum Gasteiger partial charge on any atom is 0.237 e. The number of carbonyl (C=O) groups excluding carboxylic acids is 1. The summed E-state index contributed by atoms with van der Waals surface area (Å²) >= 11 is 0. The fourth-order valence-electron chi connectivity index (χ4n) is 1.89. The largest absolute Gasteiger partial charge is 0.467 e. The smallest absolute Gasteiger partial charge is 0.237 e. The summed E-state index contributed by atoms with van der Waals surface area (Å²) in [5.41, 5.74) is 6.96. The number of furan rings is 1. The molecule has 3 N–H and O–H groups in total. The zero-order chi connectivity index (χ0) is 13.7. The third-order valence-corrected chi connectivity index (χ3v) is 2.96. The average molecular weight is 258 g/mol. The molecule has 0 bridgehead atoms. The van der Waals surface area contributed by atoms with Crippen LogP contribution >= 0.6 is 0 Å². The van der Waals surface area contributed by atoms with Crippen molar-refractivity contribution in [2.24, 2.45) is 5.73 Å². The van der Waals surface area contributed by atoms with Gasteiger partial charge in [0.05, 0.1) is 18.3 Å². The lowest BCUT2D eigenvalue weighted by Crippen LogP contribution is -2.42. The van der Waals surface area contributed by atoms with Crippen molar-refractivity contribution in [1.29, 1.82) is 0 Å². The monoisotopic (exact) mass is 258 g/mol. The van der Waals surface area contributed by atoms with E-state index in [0.717, 1.165) is 11.3 Å². The van der Waals surface area contributed by atoms with Crippen LogP contribution in [0.25, 0.3) is 0 Å². The van der Waals surface area contributed by atoms with E-state index in [0.29, 0.717) is 6.42 Å². The number of nitrogens with two attached hydrogens (primary N) is 1. The van der Waals surface area contributed by atoms with Crippen molar-refractivity contribution in [3.05, 3.63) is 60.1 Å². The first-order chi connectivity index (χ1) is 9.16. The van der Waals surface area contributed by atoms with E-state index in [-0.39, 0.29) is 11.9 Å². The van der Waals surface area contributed by atoms with E-state index in [1.165, 1.54) is 0 Å². The molecule has 4 nitrogen and oxygen atoms in total. The summed E-state index contributed by atoms with van der Waals surface area (Å²) in [6.45, 7) is 1.87. The van der Waals surface area contributed by atoms with E-state index >= 15 is 0 Å². The molecule has 0 spiro atoms. The van der Waals surface area contributed by atoms with Crippen LogP contribution in [0, 0.1) is 0 Å². The van der Waals surface area contributed by atoms with Gasteiger partial charge in [-0.3, -0.25) is 4.79 Å². The molecule has 2 rings (SSSR count). The first-order valence-electron chi connectivity index (χ1n) is 6.30. The number of amides is 1. The summed E-state index contributed by atoms with van der Waals surface area (Å²) in [6.07, 6.45) is 2.11. The van der Waals surface area contributed by atoms with Crippen molar-refractivity contribution in [3.8, 4) is 0 Å². The van der Waals surface area contributed by atoms with Gasteiger partial charge in [-0.05, 0) is 31.0 Å². The van der Waals surface area contributed by atoms with Crippen LogP contribution in [0.15, 0.2) is 53.1 Å². The topological polar surface area (TPSA) is 68.3 Å². The van der Waals surface area contributed by atoms with Gasteiger partial charge in [0, 0.05) is 0 Å². The van der Waals surface area contributed by atoms with Crippen molar-refractivity contribution in [1.82, 2.24) is 5.32 Å². The predicted molar refractivity (Wildman–Crippen MR) is 73.4 cm³/mol. The van der Waals surface area contributed by atoms with Crippen molar-refractivity contribution in [2.45, 2.75) is 25.4 Å². The van der Waals surface area contributed by atoms with Crippen molar-refractivity contribution in [3.63, 3.8) is 0 Å². The van der Waals surface area contributed by atoms with Gasteiger partial charge in [-0.15, -0.1) is 0 Å². The van der Waals surface area contributed by atoms with E-state index in [2.05, 4.69) is 5.32 Å². The van der Waals surface area contributed by atoms with E-state index in [1.54, 1.807) is 12.3 Å². The number of nitrogens with one attached hydrogen (secondary N) is 1. The lowest BCUT2D eigenvalue weighted by molar-refractivity contribution is -0.123. The van der Waals surface area contributed by atoms with E-state index in [4.69, 9.17) is 10.2 Å². The lowest BCUT2D eigenvalue weighted by atomic mass is 10.1. The standard InChI is InChI=1S/C15H18N2O2/c1-11(14-8-5-9-19-14)17-15(18)13(16)10-12-6-3-2-4-7-12/h2-9,11,13H,10,16H2,1H3,(H,17,18)/t11-,13+/m1/s1. The second-order valence-electron chi connectivity index (χ2n) is 4.54. The molecular formula is C15H18N2O2. The third-order valence-electron chi connectivity index (χ3n) is 2.96. The van der Waals surface area contributed by atoms with Crippen LogP contribution in [0.2, 0.25) is 0 Å². The fourth-order valence-corrected chi connectivity index (χ4v) is 1.89. The Labute approximate surface area is 112 Å². The van der Waals surface area contributed by atoms with Gasteiger partial charge in [0.1, 0.15) is 5.76 Å². The molecule has 0 radical (unpaired) electrons. The van der Waals surface area contributed by atoms with Crippen LogP contribution in [0.4, 0.5) is 0 Å². The lowest BCUT2D eigenvalue weighted by Gasteiger charge is -2.16. The van der Waals surface area contributed by atoms with Gasteiger partial charge in [-0.25, -0.2) is 0 Å². The second kappa shape index (κ2) is 6.20. The highest BCUT2D eigenvalue weighted by Gasteiger charge is 2.18. The van der Waals surface area contributed by atoms with E-state index in [9.17, 15) is 4.79 Å². The molecule has 19 heavy (non-hydrogen) atoms. The molecule has 1 amide bonds. The minimum Gasteiger partial charge on any atom is -0.467 e. The molecule has 2 aromatic rings. The number of hydrogen-bond donors (Lipinski definition) is 2. The van der Waals surface area contributed by atoms with Gasteiger partial charge in [0.2, 0.25) is 5.91 Å². The van der Waals surface area contributed by atoms with Crippen LogP contribution in [0.1, 0.15) is 24.3 Å². The zero-order valence-electron chi connectivity index (χ0n) is 10.9. The summed E-state index contributed by atoms with van der Waals surface area (Å²) in [5, 5.41) is 2.84. The van der Waals surface area contributed by atoms with Crippen LogP contribution < -0.4 is 11.1 Å². The average Bonchev–Trinajstić information content (AvgIpc) is 2.93. The predicted octanol–water partition coefficient (Wildman–Crippen LogP) is 2.03. The summed E-state index contributed by atoms with van der Waals surface area (Å²) in [5.74, 6) is 0.549. The Balaban J connectivity index is 1.89. The molecule has 0 saturated carbocycles. The highest BCUT2D eigenvalue weighted by Crippen LogP contribution is 2.12. The SMILES string of the molecule is C[C@@H](NC(=O)[C@@H](N)Cc1ccccc1)c1ccco1. The molecule has 0 aliphatic carbocycles. The van der Waals surface area contributed by atoms with E-state index in [1.807, 2.05) is 43.3 Å². The highest BCUT2D eigenvalue weighted by molar-refractivity contribution is 5.82. The zero-order valence-corrected chi connectivity index (χ0v) is 10.9. The Morgan fingerprint density at radius 3 is 2.63 bits per heavy atom. The molecule has 0 aliphatic heterocycles. The molecule has 0 saturated heterocycles. The first kappa shape index (κ1) is 13.4. The normalized spacial score (nSPS) is 13.8. The van der Waals surface area contributed by atoms with Crippen molar-refractivity contribution in [2.75, 3.05) is 0 Å².